The van der Waals surface area contributed by atoms with Crippen molar-refractivity contribution in [2.75, 3.05) is 18.0 Å². The first-order valence-corrected chi connectivity index (χ1v) is 11.8. The topological polar surface area (TPSA) is 77.9 Å². The van der Waals surface area contributed by atoms with Crippen molar-refractivity contribution in [2.24, 2.45) is 5.92 Å². The Morgan fingerprint density at radius 1 is 1.23 bits per heavy atom. The average Bonchev–Trinajstić information content (AvgIpc) is 3.19. The number of aromatic carboxylic acids is 1. The summed E-state index contributed by atoms with van der Waals surface area (Å²) in [6, 6.07) is 1.82. The van der Waals surface area contributed by atoms with Crippen LogP contribution in [0.3, 0.4) is 0 Å². The van der Waals surface area contributed by atoms with Crippen LogP contribution in [0.25, 0.3) is 5.57 Å². The van der Waals surface area contributed by atoms with E-state index in [9.17, 15) is 19.5 Å². The number of amides is 2. The van der Waals surface area contributed by atoms with Gasteiger partial charge in [-0.05, 0) is 50.2 Å². The van der Waals surface area contributed by atoms with E-state index in [-0.39, 0.29) is 28.7 Å². The fourth-order valence-electron chi connectivity index (χ4n) is 4.35. The van der Waals surface area contributed by atoms with Gasteiger partial charge in [-0.25, -0.2) is 4.79 Å². The molecule has 7 heteroatoms. The van der Waals surface area contributed by atoms with Gasteiger partial charge in [-0.1, -0.05) is 26.8 Å². The van der Waals surface area contributed by atoms with Crippen molar-refractivity contribution in [3.63, 3.8) is 0 Å². The Balaban J connectivity index is 1.90. The van der Waals surface area contributed by atoms with E-state index in [0.29, 0.717) is 38.0 Å². The Morgan fingerprint density at radius 2 is 1.93 bits per heavy atom. The largest absolute Gasteiger partial charge is 0.477 e. The molecule has 1 N–H and O–H groups in total. The van der Waals surface area contributed by atoms with Gasteiger partial charge in [-0.15, -0.1) is 11.3 Å². The van der Waals surface area contributed by atoms with Crippen LogP contribution in [0.1, 0.15) is 80.3 Å². The molecule has 1 saturated heterocycles. The van der Waals surface area contributed by atoms with Gasteiger partial charge in [-0.2, -0.15) is 0 Å². The average molecular weight is 433 g/mol. The third kappa shape index (κ3) is 4.77. The molecule has 1 aliphatic heterocycles. The summed E-state index contributed by atoms with van der Waals surface area (Å²) in [4.78, 5) is 42.1. The van der Waals surface area contributed by atoms with Gasteiger partial charge in [0, 0.05) is 36.3 Å². The van der Waals surface area contributed by atoms with Crippen molar-refractivity contribution in [1.29, 1.82) is 0 Å². The number of hydrogen-bond acceptors (Lipinski definition) is 4. The zero-order chi connectivity index (χ0) is 21.8. The molecule has 0 radical (unpaired) electrons. The van der Waals surface area contributed by atoms with Crippen LogP contribution in [0.15, 0.2) is 12.1 Å². The summed E-state index contributed by atoms with van der Waals surface area (Å²) in [5.41, 5.74) is 1.72. The number of allylic oxidation sites excluding steroid dienone is 2. The number of likely N-dealkylation sites (tertiary alicyclic amines) is 1. The zero-order valence-electron chi connectivity index (χ0n) is 18.1. The molecule has 2 amide bonds. The van der Waals surface area contributed by atoms with E-state index in [4.69, 9.17) is 0 Å². The van der Waals surface area contributed by atoms with Crippen molar-refractivity contribution in [1.82, 2.24) is 4.90 Å². The maximum absolute atomic E-state index is 12.9. The fourth-order valence-corrected chi connectivity index (χ4v) is 5.40. The fraction of sp³-hybridized carbons (Fsp3) is 0.609. The van der Waals surface area contributed by atoms with Crippen molar-refractivity contribution in [3.05, 3.63) is 21.9 Å². The first-order chi connectivity index (χ1) is 14.3. The second kappa shape index (κ2) is 9.77. The van der Waals surface area contributed by atoms with E-state index in [2.05, 4.69) is 6.08 Å². The second-order valence-corrected chi connectivity index (χ2v) is 9.49. The molecule has 1 aliphatic carbocycles. The minimum Gasteiger partial charge on any atom is -0.477 e. The Hall–Kier alpha value is -2.15. The smallest absolute Gasteiger partial charge is 0.348 e. The lowest BCUT2D eigenvalue weighted by molar-refractivity contribution is -0.135. The lowest BCUT2D eigenvalue weighted by atomic mass is 9.97. The molecule has 0 spiro atoms. The quantitative estimate of drug-likeness (QED) is 0.701. The maximum atomic E-state index is 12.9. The van der Waals surface area contributed by atoms with E-state index >= 15 is 0 Å². The number of hydrogen-bond donors (Lipinski definition) is 1. The van der Waals surface area contributed by atoms with Crippen molar-refractivity contribution in [2.45, 2.75) is 71.8 Å². The highest BCUT2D eigenvalue weighted by Gasteiger charge is 2.34. The number of carbonyl (C=O) groups is 3. The summed E-state index contributed by atoms with van der Waals surface area (Å²) in [6.45, 7) is 6.80. The molecule has 1 aromatic heterocycles. The molecule has 2 heterocycles. The van der Waals surface area contributed by atoms with Gasteiger partial charge in [0.2, 0.25) is 11.8 Å². The molecule has 1 aromatic rings. The first kappa shape index (κ1) is 22.5. The molecule has 0 atom stereocenters. The van der Waals surface area contributed by atoms with Crippen LogP contribution in [0.5, 0.6) is 0 Å². The number of carbonyl (C=O) groups excluding carboxylic acids is 2. The van der Waals surface area contributed by atoms with E-state index in [1.54, 1.807) is 4.90 Å². The molecule has 3 rings (SSSR count). The van der Waals surface area contributed by atoms with E-state index in [1.165, 1.54) is 23.3 Å². The Labute approximate surface area is 182 Å². The van der Waals surface area contributed by atoms with E-state index in [0.717, 1.165) is 24.1 Å². The SMILES string of the molecule is CCC(=O)N(c1cc(C2=CCCCC2)sc1C(=O)O)C1CCN(C(=O)C(C)C)CC1. The second-order valence-electron chi connectivity index (χ2n) is 8.43. The molecule has 164 valence electrons. The maximum Gasteiger partial charge on any atom is 0.348 e. The highest BCUT2D eigenvalue weighted by atomic mass is 32.1. The van der Waals surface area contributed by atoms with E-state index in [1.807, 2.05) is 31.7 Å². The van der Waals surface area contributed by atoms with Crippen LogP contribution >= 0.6 is 11.3 Å². The van der Waals surface area contributed by atoms with Crippen LogP contribution in [0.2, 0.25) is 0 Å². The van der Waals surface area contributed by atoms with Crippen molar-refractivity contribution >= 4 is 40.4 Å². The van der Waals surface area contributed by atoms with Gasteiger partial charge in [0.05, 0.1) is 5.69 Å². The summed E-state index contributed by atoms with van der Waals surface area (Å²) in [5, 5.41) is 9.86. The first-order valence-electron chi connectivity index (χ1n) is 11.0. The zero-order valence-corrected chi connectivity index (χ0v) is 19.0. The molecule has 0 unspecified atom stereocenters. The third-order valence-electron chi connectivity index (χ3n) is 5.98. The number of carboxylic acids is 1. The third-order valence-corrected chi connectivity index (χ3v) is 7.17. The summed E-state index contributed by atoms with van der Waals surface area (Å²) < 4.78 is 0. The highest BCUT2D eigenvalue weighted by molar-refractivity contribution is 7.15. The van der Waals surface area contributed by atoms with Gasteiger partial charge >= 0.3 is 5.97 Å². The summed E-state index contributed by atoms with van der Waals surface area (Å²) in [5.74, 6) is -0.959. The predicted molar refractivity (Wildman–Crippen MR) is 120 cm³/mol. The molecular formula is C23H32N2O4S. The number of rotatable bonds is 6. The normalized spacial score (nSPS) is 17.7. The van der Waals surface area contributed by atoms with Gasteiger partial charge in [0.15, 0.2) is 0 Å². The minimum absolute atomic E-state index is 0.0447. The molecule has 0 bridgehead atoms. The summed E-state index contributed by atoms with van der Waals surface area (Å²) in [7, 11) is 0. The van der Waals surface area contributed by atoms with Crippen molar-refractivity contribution in [3.8, 4) is 0 Å². The molecule has 2 aliphatic rings. The van der Waals surface area contributed by atoms with Gasteiger partial charge < -0.3 is 14.9 Å². The summed E-state index contributed by atoms with van der Waals surface area (Å²) in [6.07, 6.45) is 8.10. The standard InChI is InChI=1S/C23H32N2O4S/c1-4-20(26)25(17-10-12-24(13-11-17)22(27)15(2)3)18-14-19(30-21(18)23(28)29)16-8-6-5-7-9-16/h8,14-15,17H,4-7,9-13H2,1-3H3,(H,28,29). The van der Waals surface area contributed by atoms with Crippen LogP contribution in [0.4, 0.5) is 5.69 Å². The molecule has 6 nitrogen and oxygen atoms in total. The van der Waals surface area contributed by atoms with Crippen LogP contribution < -0.4 is 4.90 Å². The Kier molecular flexibility index (Phi) is 7.34. The molecular weight excluding hydrogens is 400 g/mol. The van der Waals surface area contributed by atoms with Crippen LogP contribution in [-0.4, -0.2) is 46.9 Å². The summed E-state index contributed by atoms with van der Waals surface area (Å²) >= 11 is 1.28. The van der Waals surface area contributed by atoms with Gasteiger partial charge in [-0.3, -0.25) is 9.59 Å². The monoisotopic (exact) mass is 432 g/mol. The van der Waals surface area contributed by atoms with Crippen LogP contribution in [-0.2, 0) is 9.59 Å². The lowest BCUT2D eigenvalue weighted by Gasteiger charge is -2.39. The number of anilines is 1. The molecule has 1 fully saturated rings. The van der Waals surface area contributed by atoms with Gasteiger partial charge in [0.25, 0.3) is 0 Å². The molecule has 30 heavy (non-hydrogen) atoms. The van der Waals surface area contributed by atoms with E-state index < -0.39 is 5.97 Å². The number of nitrogens with zero attached hydrogens (tertiary/aromatic N) is 2. The Morgan fingerprint density at radius 3 is 2.47 bits per heavy atom. The predicted octanol–water partition coefficient (Wildman–Crippen LogP) is 4.79. The Bertz CT molecular complexity index is 834. The minimum atomic E-state index is -0.987. The number of piperidine rings is 1. The van der Waals surface area contributed by atoms with Gasteiger partial charge in [0.1, 0.15) is 4.88 Å². The van der Waals surface area contributed by atoms with Crippen molar-refractivity contribution < 1.29 is 19.5 Å². The number of carboxylic acid groups (broad SMARTS) is 1. The lowest BCUT2D eigenvalue weighted by Crippen LogP contribution is -2.49. The number of thiophene rings is 1. The van der Waals surface area contributed by atoms with Crippen LogP contribution in [0, 0.1) is 5.92 Å². The highest BCUT2D eigenvalue weighted by Crippen LogP contribution is 2.39. The molecule has 0 saturated carbocycles. The molecule has 0 aromatic carbocycles.